The molecule has 0 bridgehead atoms. The van der Waals surface area contributed by atoms with E-state index in [1.165, 1.54) is 0 Å². The Labute approximate surface area is 118 Å². The summed E-state index contributed by atoms with van der Waals surface area (Å²) in [5.74, 6) is 0. The number of halogens is 1. The lowest BCUT2D eigenvalue weighted by atomic mass is 10.0. The minimum absolute atomic E-state index is 0.487. The minimum atomic E-state index is -0.797. The molecule has 1 N–H and O–H groups in total. The van der Waals surface area contributed by atoms with Crippen molar-refractivity contribution in [2.24, 2.45) is 0 Å². The van der Waals surface area contributed by atoms with Crippen LogP contribution >= 0.6 is 11.6 Å². The number of hydrogen-bond donors (Lipinski definition) is 1. The molecular weight excluding hydrogens is 262 g/mol. The number of aliphatic hydroxyl groups excluding tert-OH is 1. The molecule has 0 aliphatic carbocycles. The van der Waals surface area contributed by atoms with Gasteiger partial charge in [0.05, 0.1) is 16.9 Å². The van der Waals surface area contributed by atoms with Crippen molar-refractivity contribution < 1.29 is 5.11 Å². The highest BCUT2D eigenvalue weighted by molar-refractivity contribution is 6.31. The maximum absolute atomic E-state index is 10.6. The van der Waals surface area contributed by atoms with E-state index in [0.29, 0.717) is 10.7 Å². The topological polar surface area (TPSA) is 50.9 Å². The largest absolute Gasteiger partial charge is 0.382 e. The predicted octanol–water partition coefficient (Wildman–Crippen LogP) is 3.04. The lowest BCUT2D eigenvalue weighted by molar-refractivity contribution is 0.206. The molecule has 0 aliphatic rings. The van der Waals surface area contributed by atoms with E-state index < -0.39 is 6.10 Å². The predicted molar refractivity (Wildman–Crippen MR) is 75.3 cm³/mol. The van der Waals surface area contributed by atoms with Crippen molar-refractivity contribution in [1.82, 2.24) is 14.8 Å². The van der Waals surface area contributed by atoms with Crippen molar-refractivity contribution in [2.75, 3.05) is 0 Å². The molecule has 2 aromatic heterocycles. The summed E-state index contributed by atoms with van der Waals surface area (Å²) in [6.45, 7) is 6.61. The number of nitrogens with zero attached hydrogens (tertiary/aromatic N) is 3. The Hall–Kier alpha value is -1.39. The standard InChI is InChI=1S/C14H18ClN3O/c1-4-7-18-13(12(15)8-16-18)14(19)11-6-5-9(2)17-10(11)3/h5-6,8,14,19H,4,7H2,1-3H3. The van der Waals surface area contributed by atoms with Gasteiger partial charge in [0, 0.05) is 23.5 Å². The number of aliphatic hydroxyl groups is 1. The fourth-order valence-corrected chi connectivity index (χ4v) is 2.41. The highest BCUT2D eigenvalue weighted by Gasteiger charge is 2.21. The van der Waals surface area contributed by atoms with Gasteiger partial charge in [-0.1, -0.05) is 24.6 Å². The van der Waals surface area contributed by atoms with E-state index in [2.05, 4.69) is 17.0 Å². The molecule has 0 radical (unpaired) electrons. The second-order valence-corrected chi connectivity index (χ2v) is 5.04. The van der Waals surface area contributed by atoms with Crippen molar-refractivity contribution in [3.05, 3.63) is 46.0 Å². The van der Waals surface area contributed by atoms with Gasteiger partial charge in [0.15, 0.2) is 0 Å². The van der Waals surface area contributed by atoms with Crippen molar-refractivity contribution in [3.8, 4) is 0 Å². The van der Waals surface area contributed by atoms with Crippen LogP contribution in [0.25, 0.3) is 0 Å². The van der Waals surface area contributed by atoms with Crippen LogP contribution in [0, 0.1) is 13.8 Å². The summed E-state index contributed by atoms with van der Waals surface area (Å²) in [6.07, 6.45) is 1.71. The third kappa shape index (κ3) is 2.80. The normalized spacial score (nSPS) is 12.7. The number of rotatable bonds is 4. The van der Waals surface area contributed by atoms with Crippen LogP contribution < -0.4 is 0 Å². The zero-order valence-corrected chi connectivity index (χ0v) is 12.1. The molecule has 2 aromatic rings. The number of aromatic nitrogens is 3. The molecule has 2 rings (SSSR count). The van der Waals surface area contributed by atoms with Crippen LogP contribution in [0.4, 0.5) is 0 Å². The molecule has 0 aliphatic heterocycles. The SMILES string of the molecule is CCCn1ncc(Cl)c1C(O)c1ccc(C)nc1C. The molecule has 1 unspecified atom stereocenters. The smallest absolute Gasteiger partial charge is 0.124 e. The Bertz CT molecular complexity index is 580. The van der Waals surface area contributed by atoms with Crippen molar-refractivity contribution in [2.45, 2.75) is 39.8 Å². The van der Waals surface area contributed by atoms with Gasteiger partial charge in [-0.2, -0.15) is 5.10 Å². The Morgan fingerprint density at radius 2 is 2.11 bits per heavy atom. The molecule has 0 saturated carbocycles. The summed E-state index contributed by atoms with van der Waals surface area (Å²) in [5, 5.41) is 15.2. The second kappa shape index (κ2) is 5.72. The fraction of sp³-hybridized carbons (Fsp3) is 0.429. The van der Waals surface area contributed by atoms with E-state index in [0.717, 1.165) is 29.9 Å². The first-order chi connectivity index (χ1) is 9.04. The molecule has 0 fully saturated rings. The van der Waals surface area contributed by atoms with E-state index in [1.807, 2.05) is 26.0 Å². The van der Waals surface area contributed by atoms with Crippen molar-refractivity contribution in [3.63, 3.8) is 0 Å². The first-order valence-electron chi connectivity index (χ1n) is 6.38. The molecule has 1 atom stereocenters. The third-order valence-corrected chi connectivity index (χ3v) is 3.38. The van der Waals surface area contributed by atoms with Gasteiger partial charge in [-0.25, -0.2) is 0 Å². The fourth-order valence-electron chi connectivity index (χ4n) is 2.17. The molecule has 5 heteroatoms. The van der Waals surface area contributed by atoms with Gasteiger partial charge in [0.25, 0.3) is 0 Å². The lowest BCUT2D eigenvalue weighted by Crippen LogP contribution is -2.12. The zero-order chi connectivity index (χ0) is 14.0. The van der Waals surface area contributed by atoms with E-state index in [9.17, 15) is 5.11 Å². The van der Waals surface area contributed by atoms with Gasteiger partial charge in [-0.15, -0.1) is 0 Å². The summed E-state index contributed by atoms with van der Waals surface area (Å²) < 4.78 is 1.76. The summed E-state index contributed by atoms with van der Waals surface area (Å²) in [4.78, 5) is 4.38. The Kier molecular flexibility index (Phi) is 4.22. The average Bonchev–Trinajstić information content (AvgIpc) is 2.70. The van der Waals surface area contributed by atoms with Gasteiger partial charge >= 0.3 is 0 Å². The van der Waals surface area contributed by atoms with Crippen LogP contribution in [-0.4, -0.2) is 19.9 Å². The van der Waals surface area contributed by atoms with Gasteiger partial charge in [-0.3, -0.25) is 9.67 Å². The van der Waals surface area contributed by atoms with Crippen LogP contribution in [0.15, 0.2) is 18.3 Å². The summed E-state index contributed by atoms with van der Waals surface area (Å²) in [6, 6.07) is 3.78. The van der Waals surface area contributed by atoms with E-state index >= 15 is 0 Å². The van der Waals surface area contributed by atoms with E-state index in [-0.39, 0.29) is 0 Å². The molecule has 0 aromatic carbocycles. The third-order valence-electron chi connectivity index (χ3n) is 3.09. The lowest BCUT2D eigenvalue weighted by Gasteiger charge is -2.16. The van der Waals surface area contributed by atoms with E-state index in [1.54, 1.807) is 10.9 Å². The first kappa shape index (κ1) is 14.0. The molecule has 0 amide bonds. The number of pyridine rings is 1. The molecule has 102 valence electrons. The van der Waals surface area contributed by atoms with Gasteiger partial charge < -0.3 is 5.11 Å². The highest BCUT2D eigenvalue weighted by Crippen LogP contribution is 2.29. The van der Waals surface area contributed by atoms with Crippen LogP contribution in [0.3, 0.4) is 0 Å². The highest BCUT2D eigenvalue weighted by atomic mass is 35.5. The molecule has 19 heavy (non-hydrogen) atoms. The quantitative estimate of drug-likeness (QED) is 0.936. The summed E-state index contributed by atoms with van der Waals surface area (Å²) in [7, 11) is 0. The van der Waals surface area contributed by atoms with Crippen LogP contribution in [-0.2, 0) is 6.54 Å². The molecular formula is C14H18ClN3O. The van der Waals surface area contributed by atoms with Crippen molar-refractivity contribution in [1.29, 1.82) is 0 Å². The Balaban J connectivity index is 2.43. The first-order valence-corrected chi connectivity index (χ1v) is 6.75. The monoisotopic (exact) mass is 279 g/mol. The zero-order valence-electron chi connectivity index (χ0n) is 11.4. The maximum Gasteiger partial charge on any atom is 0.124 e. The maximum atomic E-state index is 10.6. The number of aryl methyl sites for hydroxylation is 3. The molecule has 4 nitrogen and oxygen atoms in total. The number of hydrogen-bond acceptors (Lipinski definition) is 3. The summed E-state index contributed by atoms with van der Waals surface area (Å²) >= 11 is 6.15. The van der Waals surface area contributed by atoms with Gasteiger partial charge in [0.2, 0.25) is 0 Å². The van der Waals surface area contributed by atoms with Gasteiger partial charge in [0.1, 0.15) is 6.10 Å². The van der Waals surface area contributed by atoms with Crippen LogP contribution in [0.5, 0.6) is 0 Å². The molecule has 0 spiro atoms. The average molecular weight is 280 g/mol. The second-order valence-electron chi connectivity index (χ2n) is 4.63. The Morgan fingerprint density at radius 1 is 1.37 bits per heavy atom. The van der Waals surface area contributed by atoms with Crippen LogP contribution in [0.1, 0.15) is 42.1 Å². The minimum Gasteiger partial charge on any atom is -0.382 e. The van der Waals surface area contributed by atoms with Crippen molar-refractivity contribution >= 4 is 11.6 Å². The molecule has 2 heterocycles. The van der Waals surface area contributed by atoms with Crippen LogP contribution in [0.2, 0.25) is 5.02 Å². The Morgan fingerprint density at radius 3 is 2.74 bits per heavy atom. The summed E-state index contributed by atoms with van der Waals surface area (Å²) in [5.41, 5.74) is 3.15. The molecule has 0 saturated heterocycles. The van der Waals surface area contributed by atoms with Gasteiger partial charge in [-0.05, 0) is 26.3 Å². The van der Waals surface area contributed by atoms with E-state index in [4.69, 9.17) is 11.6 Å².